The quantitative estimate of drug-likeness (QED) is 0.546. The molecule has 2 aliphatic heterocycles. The van der Waals surface area contributed by atoms with Crippen molar-refractivity contribution in [3.8, 4) is 0 Å². The Bertz CT molecular complexity index is 1340. The van der Waals surface area contributed by atoms with E-state index in [1.54, 1.807) is 10.7 Å². The number of rotatable bonds is 7. The van der Waals surface area contributed by atoms with E-state index < -0.39 is 0 Å². The second kappa shape index (κ2) is 11.3. The van der Waals surface area contributed by atoms with Crippen LogP contribution in [0.25, 0.3) is 11.1 Å². The van der Waals surface area contributed by atoms with Crippen LogP contribution >= 0.6 is 0 Å². The fourth-order valence-electron chi connectivity index (χ4n) is 4.98. The summed E-state index contributed by atoms with van der Waals surface area (Å²) >= 11 is 0. The Kier molecular flexibility index (Phi) is 8.13. The lowest BCUT2D eigenvalue weighted by molar-refractivity contribution is 0.204. The zero-order valence-corrected chi connectivity index (χ0v) is 23.3. The number of nitrogens with one attached hydrogen (secondary N) is 1. The minimum Gasteiger partial charge on any atom is -0.378 e. The summed E-state index contributed by atoms with van der Waals surface area (Å²) < 4.78 is 1.60. The zero-order valence-electron chi connectivity index (χ0n) is 23.3. The van der Waals surface area contributed by atoms with Crippen LogP contribution in [0.5, 0.6) is 0 Å². The highest BCUT2D eigenvalue weighted by atomic mass is 16.1. The Morgan fingerprint density at radius 2 is 2.00 bits per heavy atom. The van der Waals surface area contributed by atoms with Gasteiger partial charge < -0.3 is 4.90 Å². The summed E-state index contributed by atoms with van der Waals surface area (Å²) in [6.45, 7) is 12.0. The molecule has 0 spiro atoms. The number of allylic oxidation sites excluding steroid dienone is 6. The fourth-order valence-corrected chi connectivity index (χ4v) is 4.98. The van der Waals surface area contributed by atoms with Crippen LogP contribution in [-0.4, -0.2) is 51.2 Å². The van der Waals surface area contributed by atoms with E-state index in [1.807, 2.05) is 13.1 Å². The largest absolute Gasteiger partial charge is 0.378 e. The lowest BCUT2D eigenvalue weighted by Crippen LogP contribution is -2.52. The first-order chi connectivity index (χ1) is 17.7. The van der Waals surface area contributed by atoms with Gasteiger partial charge in [-0.15, -0.1) is 0 Å². The van der Waals surface area contributed by atoms with E-state index in [9.17, 15) is 4.79 Å². The van der Waals surface area contributed by atoms with Crippen LogP contribution in [0.1, 0.15) is 68.9 Å². The lowest BCUT2D eigenvalue weighted by Gasteiger charge is -2.40. The molecule has 37 heavy (non-hydrogen) atoms. The Morgan fingerprint density at radius 1 is 1.22 bits per heavy atom. The summed E-state index contributed by atoms with van der Waals surface area (Å²) in [4.78, 5) is 26.7. The second-order valence-corrected chi connectivity index (χ2v) is 10.2. The molecule has 0 radical (unpaired) electrons. The zero-order chi connectivity index (χ0) is 26.7. The first-order valence-corrected chi connectivity index (χ1v) is 13.2. The van der Waals surface area contributed by atoms with Crippen LogP contribution in [0, 0.1) is 6.92 Å². The normalized spacial score (nSPS) is 18.6. The Balaban J connectivity index is 1.59. The summed E-state index contributed by atoms with van der Waals surface area (Å²) in [5, 5.41) is 0. The third-order valence-electron chi connectivity index (χ3n) is 7.31. The number of unbranched alkanes of at least 4 members (excludes halogenated alkanes) is 1. The number of pyridine rings is 1. The highest BCUT2D eigenvalue weighted by Gasteiger charge is 2.31. The summed E-state index contributed by atoms with van der Waals surface area (Å²) in [6.07, 6.45) is 13.8. The van der Waals surface area contributed by atoms with Gasteiger partial charge in [0.15, 0.2) is 5.82 Å². The van der Waals surface area contributed by atoms with E-state index in [4.69, 9.17) is 4.98 Å². The lowest BCUT2D eigenvalue weighted by atomic mass is 9.97. The summed E-state index contributed by atoms with van der Waals surface area (Å²) in [5.41, 5.74) is 12.2. The molecule has 7 nitrogen and oxygen atoms in total. The van der Waals surface area contributed by atoms with Crippen molar-refractivity contribution in [2.24, 2.45) is 0 Å². The van der Waals surface area contributed by atoms with Gasteiger partial charge in [-0.1, -0.05) is 31.6 Å². The van der Waals surface area contributed by atoms with Gasteiger partial charge in [-0.2, -0.15) is 0 Å². The molecule has 0 bridgehead atoms. The van der Waals surface area contributed by atoms with Crippen LogP contribution in [-0.2, 0) is 13.0 Å². The Morgan fingerprint density at radius 3 is 2.70 bits per heavy atom. The van der Waals surface area contributed by atoms with Gasteiger partial charge in [-0.25, -0.2) is 9.66 Å². The maximum absolute atomic E-state index is 12.7. The molecule has 196 valence electrons. The van der Waals surface area contributed by atoms with Gasteiger partial charge in [-0.3, -0.25) is 20.1 Å². The molecule has 0 aromatic carbocycles. The van der Waals surface area contributed by atoms with Gasteiger partial charge in [0.05, 0.1) is 0 Å². The molecule has 0 aliphatic carbocycles. The number of nitrogens with zero attached hydrogens (tertiary/aromatic N) is 5. The van der Waals surface area contributed by atoms with Crippen LogP contribution in [0.15, 0.2) is 58.7 Å². The molecule has 2 aromatic heterocycles. The van der Waals surface area contributed by atoms with Gasteiger partial charge in [0, 0.05) is 68.5 Å². The molecule has 4 rings (SSSR count). The monoisotopic (exact) mass is 500 g/mol. The first kappa shape index (κ1) is 26.6. The number of aryl methyl sites for hydroxylation is 1. The molecule has 0 amide bonds. The average molecular weight is 501 g/mol. The molecule has 2 aliphatic rings. The molecule has 1 atom stereocenters. The summed E-state index contributed by atoms with van der Waals surface area (Å²) in [6, 6.07) is 3.85. The van der Waals surface area contributed by atoms with E-state index in [-0.39, 0.29) is 11.7 Å². The average Bonchev–Trinajstić information content (AvgIpc) is 2.87. The molecule has 7 heteroatoms. The van der Waals surface area contributed by atoms with Gasteiger partial charge in [-0.05, 0) is 68.5 Å². The predicted molar refractivity (Wildman–Crippen MR) is 152 cm³/mol. The summed E-state index contributed by atoms with van der Waals surface area (Å²) in [7, 11) is 4.16. The van der Waals surface area contributed by atoms with Gasteiger partial charge >= 0.3 is 0 Å². The molecule has 2 aromatic rings. The first-order valence-electron chi connectivity index (χ1n) is 13.2. The van der Waals surface area contributed by atoms with Crippen molar-refractivity contribution in [1.82, 2.24) is 24.4 Å². The molecule has 0 fully saturated rings. The van der Waals surface area contributed by atoms with Crippen molar-refractivity contribution in [2.45, 2.75) is 66.6 Å². The number of likely N-dealkylation sites (N-methyl/N-ethyl adjacent to an activating group) is 1. The van der Waals surface area contributed by atoms with E-state index in [1.165, 1.54) is 16.8 Å². The van der Waals surface area contributed by atoms with Gasteiger partial charge in [0.2, 0.25) is 0 Å². The molecule has 1 N–H and O–H groups in total. The molecule has 1 unspecified atom stereocenters. The highest BCUT2D eigenvalue weighted by molar-refractivity contribution is 5.74. The van der Waals surface area contributed by atoms with E-state index in [0.29, 0.717) is 5.82 Å². The van der Waals surface area contributed by atoms with E-state index in [0.717, 1.165) is 60.4 Å². The summed E-state index contributed by atoms with van der Waals surface area (Å²) in [5.74, 6) is 0.703. The SMILES string of the molecule is C\C=C(/C=C\C(=C\CCC)N(C)C)c1cnc2c(c1)CN(C1Nn3c(nc(C)cc3=O)C(C)=C1C)CC2. The smallest absolute Gasteiger partial charge is 0.272 e. The van der Waals surface area contributed by atoms with Crippen LogP contribution < -0.4 is 11.0 Å². The van der Waals surface area contributed by atoms with Crippen LogP contribution in [0.2, 0.25) is 0 Å². The number of hydrogen-bond donors (Lipinski definition) is 1. The van der Waals surface area contributed by atoms with Crippen molar-refractivity contribution in [1.29, 1.82) is 0 Å². The minimum absolute atomic E-state index is 0.0704. The van der Waals surface area contributed by atoms with Crippen molar-refractivity contribution >= 4 is 11.1 Å². The molecule has 0 saturated carbocycles. The van der Waals surface area contributed by atoms with Gasteiger partial charge in [0.1, 0.15) is 6.17 Å². The van der Waals surface area contributed by atoms with E-state index >= 15 is 0 Å². The van der Waals surface area contributed by atoms with Crippen molar-refractivity contribution < 1.29 is 0 Å². The van der Waals surface area contributed by atoms with Gasteiger partial charge in [0.25, 0.3) is 5.56 Å². The maximum Gasteiger partial charge on any atom is 0.272 e. The Labute approximate surface area is 220 Å². The minimum atomic E-state index is -0.0738. The highest BCUT2D eigenvalue weighted by Crippen LogP contribution is 2.29. The van der Waals surface area contributed by atoms with Crippen LogP contribution in [0.3, 0.4) is 0 Å². The molecule has 4 heterocycles. The number of fused-ring (bicyclic) bond motifs is 2. The number of aromatic nitrogens is 3. The predicted octanol–water partition coefficient (Wildman–Crippen LogP) is 4.89. The number of hydrogen-bond acceptors (Lipinski definition) is 6. The molecular formula is C30H40N6O. The van der Waals surface area contributed by atoms with Crippen molar-refractivity contribution in [3.05, 3.63) is 92.6 Å². The standard InChI is InChI=1S/C30H40N6O/c1-8-10-11-26(34(6)7)13-12-23(9-2)24-17-25-19-35(15-14-27(25)31-18-24)30-22(5)21(4)29-32-20(3)16-28(37)36(29)33-30/h9,11-13,16-18,30,33H,8,10,14-15,19H2,1-7H3/b13-12-,23-9+,26-11-. The third-order valence-corrected chi connectivity index (χ3v) is 7.31. The molecular weight excluding hydrogens is 460 g/mol. The topological polar surface area (TPSA) is 66.3 Å². The van der Waals surface area contributed by atoms with Crippen molar-refractivity contribution in [2.75, 3.05) is 26.1 Å². The Hall–Kier alpha value is -3.45. The molecule has 0 saturated heterocycles. The second-order valence-electron chi connectivity index (χ2n) is 10.2. The third kappa shape index (κ3) is 5.62. The van der Waals surface area contributed by atoms with Crippen LogP contribution in [0.4, 0.5) is 0 Å². The fraction of sp³-hybridized carbons (Fsp3) is 0.433. The van der Waals surface area contributed by atoms with Crippen molar-refractivity contribution in [3.63, 3.8) is 0 Å². The van der Waals surface area contributed by atoms with E-state index in [2.05, 4.69) is 92.4 Å². The maximum atomic E-state index is 12.7.